The van der Waals surface area contributed by atoms with Gasteiger partial charge in [-0.05, 0) is 81.7 Å². The number of halogens is 3. The van der Waals surface area contributed by atoms with Gasteiger partial charge in [0.2, 0.25) is 0 Å². The Bertz CT molecular complexity index is 1510. The molecule has 0 spiro atoms. The lowest BCUT2D eigenvalue weighted by molar-refractivity contribution is -0.140. The highest BCUT2D eigenvalue weighted by atomic mass is 32.2. The molecule has 2 aromatic carbocycles. The van der Waals surface area contributed by atoms with Crippen LogP contribution in [-0.2, 0) is 16.4 Å². The number of rotatable bonds is 7. The molecule has 3 aromatic rings. The quantitative estimate of drug-likeness (QED) is 0.400. The monoisotopic (exact) mass is 562 g/mol. The second-order valence-corrected chi connectivity index (χ2v) is 12.0. The van der Waals surface area contributed by atoms with Gasteiger partial charge in [0.1, 0.15) is 12.3 Å². The first-order valence-corrected chi connectivity index (χ1v) is 14.5. The molecule has 0 bridgehead atoms. The van der Waals surface area contributed by atoms with Crippen molar-refractivity contribution in [3.63, 3.8) is 0 Å². The molecule has 2 N–H and O–H groups in total. The summed E-state index contributed by atoms with van der Waals surface area (Å²) in [4.78, 5) is 2.38. The maximum atomic E-state index is 13.6. The van der Waals surface area contributed by atoms with Crippen molar-refractivity contribution in [2.45, 2.75) is 43.4 Å². The van der Waals surface area contributed by atoms with Crippen LogP contribution in [0.15, 0.2) is 41.3 Å². The number of nitrogens with one attached hydrogen (secondary N) is 2. The fraction of sp³-hybridized carbons (Fsp3) is 0.429. The van der Waals surface area contributed by atoms with E-state index in [9.17, 15) is 21.6 Å². The minimum absolute atomic E-state index is 0.113. The lowest BCUT2D eigenvalue weighted by atomic mass is 10.0. The average molecular weight is 563 g/mol. The van der Waals surface area contributed by atoms with Crippen LogP contribution < -0.4 is 15.4 Å². The van der Waals surface area contributed by atoms with Crippen molar-refractivity contribution in [2.75, 3.05) is 50.7 Å². The Kier molecular flexibility index (Phi) is 8.37. The molecule has 0 amide bonds. The van der Waals surface area contributed by atoms with E-state index in [1.165, 1.54) is 23.8 Å². The molecule has 0 atom stereocenters. The van der Waals surface area contributed by atoms with E-state index in [1.54, 1.807) is 18.2 Å². The normalized spacial score (nSPS) is 15.2. The van der Waals surface area contributed by atoms with Crippen molar-refractivity contribution in [3.8, 4) is 17.6 Å². The van der Waals surface area contributed by atoms with Crippen molar-refractivity contribution < 1.29 is 26.3 Å². The molecular weight excluding hydrogens is 529 g/mol. The molecule has 1 saturated heterocycles. The number of methoxy groups -OCH3 is 1. The lowest BCUT2D eigenvalue weighted by Crippen LogP contribution is -2.36. The Morgan fingerprint density at radius 1 is 1.10 bits per heavy atom. The van der Waals surface area contributed by atoms with E-state index >= 15 is 0 Å². The van der Waals surface area contributed by atoms with Crippen LogP contribution in [0.1, 0.15) is 24.1 Å². The van der Waals surface area contributed by atoms with Crippen LogP contribution in [0.3, 0.4) is 0 Å². The first kappa shape index (κ1) is 28.6. The van der Waals surface area contributed by atoms with Gasteiger partial charge in [-0.2, -0.15) is 13.2 Å². The number of likely N-dealkylation sites (tertiary alicyclic amines) is 1. The predicted molar refractivity (Wildman–Crippen MR) is 148 cm³/mol. The fourth-order valence-electron chi connectivity index (χ4n) is 4.77. The summed E-state index contributed by atoms with van der Waals surface area (Å²) in [6.45, 7) is 2.77. The minimum Gasteiger partial charge on any atom is -0.495 e. The molecule has 39 heavy (non-hydrogen) atoms. The van der Waals surface area contributed by atoms with Gasteiger partial charge < -0.3 is 24.8 Å². The predicted octanol–water partition coefficient (Wildman–Crippen LogP) is 4.89. The van der Waals surface area contributed by atoms with Gasteiger partial charge in [0.25, 0.3) is 0 Å². The van der Waals surface area contributed by atoms with Crippen molar-refractivity contribution in [3.05, 3.63) is 47.7 Å². The van der Waals surface area contributed by atoms with Gasteiger partial charge >= 0.3 is 6.18 Å². The minimum atomic E-state index is -4.42. The molecule has 1 fully saturated rings. The summed E-state index contributed by atoms with van der Waals surface area (Å²) in [5.74, 6) is 6.13. The molecule has 1 aliphatic heterocycles. The summed E-state index contributed by atoms with van der Waals surface area (Å²) >= 11 is 0. The van der Waals surface area contributed by atoms with E-state index in [-0.39, 0.29) is 23.2 Å². The van der Waals surface area contributed by atoms with E-state index in [4.69, 9.17) is 4.74 Å². The van der Waals surface area contributed by atoms with Crippen molar-refractivity contribution in [1.29, 1.82) is 0 Å². The van der Waals surface area contributed by atoms with Crippen molar-refractivity contribution >= 4 is 32.1 Å². The lowest BCUT2D eigenvalue weighted by Gasteiger charge is -2.30. The zero-order valence-corrected chi connectivity index (χ0v) is 23.3. The van der Waals surface area contributed by atoms with Crippen LogP contribution in [0.4, 0.5) is 24.5 Å². The van der Waals surface area contributed by atoms with Gasteiger partial charge in [-0.1, -0.05) is 5.92 Å². The maximum Gasteiger partial charge on any atom is 0.406 e. The topological polar surface area (TPSA) is 75.6 Å². The van der Waals surface area contributed by atoms with Crippen LogP contribution in [0.25, 0.3) is 10.9 Å². The number of aryl methyl sites for hydroxylation is 1. The first-order valence-electron chi connectivity index (χ1n) is 12.6. The van der Waals surface area contributed by atoms with E-state index in [0.29, 0.717) is 22.3 Å². The number of aromatic nitrogens is 1. The van der Waals surface area contributed by atoms with E-state index in [0.717, 1.165) is 43.4 Å². The van der Waals surface area contributed by atoms with Gasteiger partial charge in [-0.3, -0.25) is 0 Å². The Balaban J connectivity index is 1.63. The van der Waals surface area contributed by atoms with Crippen molar-refractivity contribution in [1.82, 2.24) is 9.47 Å². The number of alkyl halides is 3. The smallest absolute Gasteiger partial charge is 0.406 e. The summed E-state index contributed by atoms with van der Waals surface area (Å²) in [7, 11) is 0.103. The molecule has 0 aliphatic carbocycles. The SMILES string of the molecule is COc1cc(S(C)(=O)=O)ccc1NCC#Cc1cc2c(NC3CCN(C)CC3)cc(C)cc2n1CC(F)(F)F. The molecule has 4 rings (SSSR count). The number of fused-ring (bicyclic) bond motifs is 1. The van der Waals surface area contributed by atoms with Crippen LogP contribution in [0, 0.1) is 18.8 Å². The molecule has 1 aliphatic rings. The first-order chi connectivity index (χ1) is 18.3. The summed E-state index contributed by atoms with van der Waals surface area (Å²) in [6, 6.07) is 10.1. The zero-order valence-electron chi connectivity index (χ0n) is 22.4. The maximum absolute atomic E-state index is 13.6. The average Bonchev–Trinajstić information content (AvgIpc) is 3.18. The molecule has 0 saturated carbocycles. The van der Waals surface area contributed by atoms with Gasteiger partial charge in [-0.15, -0.1) is 0 Å². The number of benzene rings is 2. The number of piperidine rings is 1. The number of ether oxygens (including phenoxy) is 1. The Labute approximate surface area is 227 Å². The number of anilines is 2. The van der Waals surface area contributed by atoms with Crippen LogP contribution in [-0.4, -0.2) is 70.2 Å². The van der Waals surface area contributed by atoms with Crippen molar-refractivity contribution in [2.24, 2.45) is 0 Å². The third kappa shape index (κ3) is 7.19. The Morgan fingerprint density at radius 3 is 2.46 bits per heavy atom. The summed E-state index contributed by atoms with van der Waals surface area (Å²) in [6.07, 6.45) is -1.39. The summed E-state index contributed by atoms with van der Waals surface area (Å²) in [5.41, 5.74) is 2.96. The summed E-state index contributed by atoms with van der Waals surface area (Å²) in [5, 5.41) is 7.33. The van der Waals surface area contributed by atoms with Gasteiger partial charge in [0, 0.05) is 29.4 Å². The van der Waals surface area contributed by atoms with Crippen LogP contribution >= 0.6 is 0 Å². The standard InChI is InChI=1S/C28H33F3N4O3S/c1-19-14-25(33-20-9-12-34(2)13-10-20)23-16-21(35(26(23)15-19)18-28(29,30)31)6-5-11-32-24-8-7-22(39(4,36)37)17-27(24)38-3/h7-8,14-17,20,32-33H,9-13,18H2,1-4H3. The third-order valence-electron chi connectivity index (χ3n) is 6.77. The number of nitrogens with zero attached hydrogens (tertiary/aromatic N) is 2. The highest BCUT2D eigenvalue weighted by Crippen LogP contribution is 2.33. The largest absolute Gasteiger partial charge is 0.495 e. The molecule has 7 nitrogen and oxygen atoms in total. The second kappa shape index (κ2) is 11.4. The highest BCUT2D eigenvalue weighted by molar-refractivity contribution is 7.90. The van der Waals surface area contributed by atoms with E-state index in [2.05, 4.69) is 34.4 Å². The van der Waals surface area contributed by atoms with Crippen LogP contribution in [0.5, 0.6) is 5.75 Å². The fourth-order valence-corrected chi connectivity index (χ4v) is 5.40. The summed E-state index contributed by atoms with van der Waals surface area (Å²) < 4.78 is 70.9. The molecule has 2 heterocycles. The van der Waals surface area contributed by atoms with E-state index in [1.807, 2.05) is 13.0 Å². The van der Waals surface area contributed by atoms with Gasteiger partial charge in [0.15, 0.2) is 9.84 Å². The van der Waals surface area contributed by atoms with Gasteiger partial charge in [-0.25, -0.2) is 8.42 Å². The highest BCUT2D eigenvalue weighted by Gasteiger charge is 2.30. The third-order valence-corrected chi connectivity index (χ3v) is 7.88. The number of sulfone groups is 1. The molecule has 0 unspecified atom stereocenters. The molecule has 1 aromatic heterocycles. The zero-order chi connectivity index (χ0) is 28.4. The van der Waals surface area contributed by atoms with Gasteiger partial charge in [0.05, 0.1) is 35.4 Å². The Morgan fingerprint density at radius 2 is 1.82 bits per heavy atom. The molecule has 210 valence electrons. The molecular formula is C28H33F3N4O3S. The molecule has 0 radical (unpaired) electrons. The molecule has 11 heteroatoms. The van der Waals surface area contributed by atoms with E-state index < -0.39 is 22.6 Å². The second-order valence-electron chi connectivity index (χ2n) is 9.99. The number of hydrogen-bond acceptors (Lipinski definition) is 6. The van der Waals surface area contributed by atoms with Crippen LogP contribution in [0.2, 0.25) is 0 Å². The Hall–Kier alpha value is -3.36. The number of hydrogen-bond donors (Lipinski definition) is 2.